The number of aryl methyl sites for hydroxylation is 1. The average Bonchev–Trinajstić information content (AvgIpc) is 2.32. The molecule has 0 aromatic heterocycles. The molecule has 1 aromatic rings. The summed E-state index contributed by atoms with van der Waals surface area (Å²) < 4.78 is 0.987. The first kappa shape index (κ1) is 15.5. The van der Waals surface area contributed by atoms with Crippen LogP contribution in [0.25, 0.3) is 0 Å². The van der Waals surface area contributed by atoms with E-state index in [1.54, 1.807) is 0 Å². The number of nitrogens with two attached hydrogens (primary N) is 1. The molecule has 4 N–H and O–H groups in total. The molecule has 3 amide bonds. The fourth-order valence-electron chi connectivity index (χ4n) is 1.60. The maximum atomic E-state index is 11.7. The molecule has 0 saturated heterocycles. The molecule has 0 atom stereocenters. The minimum absolute atomic E-state index is 0.0236. The summed E-state index contributed by atoms with van der Waals surface area (Å²) in [5, 5.41) is 5.35. The van der Waals surface area contributed by atoms with Crippen molar-refractivity contribution >= 4 is 33.6 Å². The minimum atomic E-state index is -0.532. The molecular weight excluding hydrogens is 310 g/mol. The van der Waals surface area contributed by atoms with Crippen LogP contribution in [-0.2, 0) is 4.79 Å². The van der Waals surface area contributed by atoms with Crippen molar-refractivity contribution < 1.29 is 9.59 Å². The van der Waals surface area contributed by atoms with Gasteiger partial charge in [-0.15, -0.1) is 0 Å². The highest BCUT2D eigenvalue weighted by Gasteiger charge is 2.05. The highest BCUT2D eigenvalue weighted by Crippen LogP contribution is 2.20. The third-order valence-electron chi connectivity index (χ3n) is 2.59. The monoisotopic (exact) mass is 327 g/mol. The first-order valence-electron chi connectivity index (χ1n) is 6.08. The topological polar surface area (TPSA) is 84.2 Å². The van der Waals surface area contributed by atoms with Crippen molar-refractivity contribution in [2.45, 2.75) is 26.2 Å². The van der Waals surface area contributed by atoms with Crippen LogP contribution in [0.4, 0.5) is 10.5 Å². The number of carbonyl (C=O) groups is 2. The normalized spacial score (nSPS) is 10.0. The lowest BCUT2D eigenvalue weighted by Crippen LogP contribution is -2.30. The first-order valence-corrected chi connectivity index (χ1v) is 6.87. The number of primary amides is 1. The summed E-state index contributed by atoms with van der Waals surface area (Å²) in [6.07, 6.45) is 1.87. The summed E-state index contributed by atoms with van der Waals surface area (Å²) >= 11 is 3.38. The summed E-state index contributed by atoms with van der Waals surface area (Å²) in [5.74, 6) is -0.0236. The Morgan fingerprint density at radius 3 is 2.68 bits per heavy atom. The molecule has 0 saturated carbocycles. The van der Waals surface area contributed by atoms with Gasteiger partial charge in [0.25, 0.3) is 0 Å². The van der Waals surface area contributed by atoms with Crippen molar-refractivity contribution in [2.75, 3.05) is 11.9 Å². The third-order valence-corrected chi connectivity index (χ3v) is 3.09. The van der Waals surface area contributed by atoms with E-state index in [1.807, 2.05) is 25.1 Å². The molecular formula is C13H18BrN3O2. The lowest BCUT2D eigenvalue weighted by atomic mass is 10.2. The van der Waals surface area contributed by atoms with Gasteiger partial charge in [0.2, 0.25) is 5.91 Å². The molecule has 0 spiro atoms. The van der Waals surface area contributed by atoms with Crippen molar-refractivity contribution in [3.05, 3.63) is 28.2 Å². The molecule has 5 nitrogen and oxygen atoms in total. The number of halogens is 1. The number of carbonyl (C=O) groups excluding carboxylic acids is 2. The summed E-state index contributed by atoms with van der Waals surface area (Å²) in [6, 6.07) is 5.17. The summed E-state index contributed by atoms with van der Waals surface area (Å²) in [5.41, 5.74) is 6.77. The molecule has 1 rings (SSSR count). The fraction of sp³-hybridized carbons (Fsp3) is 0.385. The maximum Gasteiger partial charge on any atom is 0.312 e. The van der Waals surface area contributed by atoms with E-state index in [0.29, 0.717) is 19.4 Å². The van der Waals surface area contributed by atoms with Crippen molar-refractivity contribution in [1.82, 2.24) is 5.32 Å². The molecule has 0 heterocycles. The third kappa shape index (κ3) is 6.24. The number of anilines is 1. The van der Waals surface area contributed by atoms with Crippen LogP contribution in [0.5, 0.6) is 0 Å². The molecule has 104 valence electrons. The number of rotatable bonds is 6. The van der Waals surface area contributed by atoms with Gasteiger partial charge < -0.3 is 16.4 Å². The van der Waals surface area contributed by atoms with E-state index < -0.39 is 6.03 Å². The van der Waals surface area contributed by atoms with Crippen molar-refractivity contribution in [2.24, 2.45) is 5.73 Å². The van der Waals surface area contributed by atoms with E-state index in [1.165, 1.54) is 0 Å². The number of urea groups is 1. The summed E-state index contributed by atoms with van der Waals surface area (Å²) in [6.45, 7) is 2.44. The Hall–Kier alpha value is -1.56. The maximum absolute atomic E-state index is 11.7. The number of benzene rings is 1. The predicted molar refractivity (Wildman–Crippen MR) is 78.9 cm³/mol. The van der Waals surface area contributed by atoms with Crippen molar-refractivity contribution in [3.63, 3.8) is 0 Å². The van der Waals surface area contributed by atoms with E-state index in [4.69, 9.17) is 5.73 Å². The van der Waals surface area contributed by atoms with Crippen LogP contribution in [0.2, 0.25) is 0 Å². The van der Waals surface area contributed by atoms with Crippen LogP contribution in [0.1, 0.15) is 24.8 Å². The predicted octanol–water partition coefficient (Wildman–Crippen LogP) is 2.53. The minimum Gasteiger partial charge on any atom is -0.352 e. The largest absolute Gasteiger partial charge is 0.352 e. The second-order valence-corrected chi connectivity index (χ2v) is 5.17. The summed E-state index contributed by atoms with van der Waals surface area (Å²) in [7, 11) is 0. The van der Waals surface area contributed by atoms with Crippen LogP contribution in [0.15, 0.2) is 22.7 Å². The molecule has 0 bridgehead atoms. The second-order valence-electron chi connectivity index (χ2n) is 4.26. The average molecular weight is 328 g/mol. The van der Waals surface area contributed by atoms with E-state index in [0.717, 1.165) is 22.1 Å². The van der Waals surface area contributed by atoms with Gasteiger partial charge in [-0.25, -0.2) is 4.79 Å². The SMILES string of the molecule is Cc1cc(Br)ccc1NC(=O)CCCCNC(N)=O. The van der Waals surface area contributed by atoms with Gasteiger partial charge in [-0.1, -0.05) is 15.9 Å². The van der Waals surface area contributed by atoms with E-state index in [9.17, 15) is 9.59 Å². The van der Waals surface area contributed by atoms with Crippen LogP contribution < -0.4 is 16.4 Å². The van der Waals surface area contributed by atoms with E-state index in [2.05, 4.69) is 26.6 Å². The van der Waals surface area contributed by atoms with Crippen LogP contribution >= 0.6 is 15.9 Å². The van der Waals surface area contributed by atoms with E-state index >= 15 is 0 Å². The van der Waals surface area contributed by atoms with E-state index in [-0.39, 0.29) is 5.91 Å². The number of hydrogen-bond donors (Lipinski definition) is 3. The standard InChI is InChI=1S/C13H18BrN3O2/c1-9-8-10(14)5-6-11(9)17-12(18)4-2-3-7-16-13(15)19/h5-6,8H,2-4,7H2,1H3,(H,17,18)(H3,15,16,19). The Morgan fingerprint density at radius 2 is 2.05 bits per heavy atom. The molecule has 6 heteroatoms. The lowest BCUT2D eigenvalue weighted by Gasteiger charge is -2.08. The van der Waals surface area contributed by atoms with Gasteiger partial charge in [0.15, 0.2) is 0 Å². The van der Waals surface area contributed by atoms with Crippen LogP contribution in [-0.4, -0.2) is 18.5 Å². The number of unbranched alkanes of at least 4 members (excludes halogenated alkanes) is 1. The van der Waals surface area contributed by atoms with Crippen LogP contribution in [0.3, 0.4) is 0 Å². The van der Waals surface area contributed by atoms with Gasteiger partial charge in [-0.05, 0) is 43.5 Å². The van der Waals surface area contributed by atoms with Gasteiger partial charge in [-0.3, -0.25) is 4.79 Å². The van der Waals surface area contributed by atoms with Gasteiger partial charge in [0.05, 0.1) is 0 Å². The molecule has 0 radical (unpaired) electrons. The molecule has 19 heavy (non-hydrogen) atoms. The molecule has 0 aliphatic heterocycles. The smallest absolute Gasteiger partial charge is 0.312 e. The second kappa shape index (κ2) is 7.78. The van der Waals surface area contributed by atoms with Gasteiger partial charge in [0.1, 0.15) is 0 Å². The highest BCUT2D eigenvalue weighted by atomic mass is 79.9. The Kier molecular flexibility index (Phi) is 6.35. The van der Waals surface area contributed by atoms with Gasteiger partial charge in [-0.2, -0.15) is 0 Å². The molecule has 0 aliphatic carbocycles. The Bertz CT molecular complexity index is 463. The lowest BCUT2D eigenvalue weighted by molar-refractivity contribution is -0.116. The molecule has 0 fully saturated rings. The Labute approximate surface area is 121 Å². The summed E-state index contributed by atoms with van der Waals surface area (Å²) in [4.78, 5) is 22.1. The zero-order valence-corrected chi connectivity index (χ0v) is 12.4. The zero-order valence-electron chi connectivity index (χ0n) is 10.8. The van der Waals surface area contributed by atoms with Gasteiger partial charge in [0, 0.05) is 23.1 Å². The van der Waals surface area contributed by atoms with Gasteiger partial charge >= 0.3 is 6.03 Å². The van der Waals surface area contributed by atoms with Crippen molar-refractivity contribution in [1.29, 1.82) is 0 Å². The zero-order chi connectivity index (χ0) is 14.3. The Balaban J connectivity index is 2.29. The first-order chi connectivity index (χ1) is 8.99. The molecule has 0 unspecified atom stereocenters. The van der Waals surface area contributed by atoms with Crippen molar-refractivity contribution in [3.8, 4) is 0 Å². The van der Waals surface area contributed by atoms with Crippen LogP contribution in [0, 0.1) is 6.92 Å². The number of amides is 3. The fourth-order valence-corrected chi connectivity index (χ4v) is 2.08. The quantitative estimate of drug-likeness (QED) is 0.701. The molecule has 1 aromatic carbocycles. The number of nitrogens with one attached hydrogen (secondary N) is 2. The molecule has 0 aliphatic rings. The highest BCUT2D eigenvalue weighted by molar-refractivity contribution is 9.10. The Morgan fingerprint density at radius 1 is 1.32 bits per heavy atom. The number of hydrogen-bond acceptors (Lipinski definition) is 2.